The zero-order chi connectivity index (χ0) is 14.7. The zero-order valence-electron chi connectivity index (χ0n) is 13.0. The first kappa shape index (κ1) is 14.6. The van der Waals surface area contributed by atoms with Crippen molar-refractivity contribution in [1.29, 1.82) is 0 Å². The lowest BCUT2D eigenvalue weighted by Crippen LogP contribution is -2.46. The normalized spacial score (nSPS) is 26.1. The summed E-state index contributed by atoms with van der Waals surface area (Å²) in [5, 5.41) is 3.26. The molecular weight excluding hydrogens is 260 g/mol. The van der Waals surface area contributed by atoms with E-state index >= 15 is 0 Å². The Morgan fingerprint density at radius 2 is 2.00 bits per heavy atom. The number of fused-ring (bicyclic) bond motifs is 1. The van der Waals surface area contributed by atoms with E-state index in [0.717, 1.165) is 25.9 Å². The minimum Gasteiger partial charge on any atom is -0.352 e. The van der Waals surface area contributed by atoms with E-state index in [1.165, 1.54) is 30.4 Å². The van der Waals surface area contributed by atoms with E-state index in [1.54, 1.807) is 0 Å². The molecule has 0 aromatic heterocycles. The fourth-order valence-electron chi connectivity index (χ4n) is 3.68. The third-order valence-corrected chi connectivity index (χ3v) is 5.03. The van der Waals surface area contributed by atoms with Gasteiger partial charge in [-0.1, -0.05) is 44.0 Å². The highest BCUT2D eigenvalue weighted by Gasteiger charge is 2.24. The van der Waals surface area contributed by atoms with Crippen molar-refractivity contribution >= 4 is 5.91 Å². The summed E-state index contributed by atoms with van der Waals surface area (Å²) in [4.78, 5) is 14.6. The van der Waals surface area contributed by atoms with Crippen LogP contribution in [0, 0.1) is 5.92 Å². The fourth-order valence-corrected chi connectivity index (χ4v) is 3.68. The molecule has 1 saturated carbocycles. The lowest BCUT2D eigenvalue weighted by atomic mass is 9.86. The van der Waals surface area contributed by atoms with Crippen LogP contribution in [0.1, 0.15) is 43.7 Å². The quantitative estimate of drug-likeness (QED) is 0.926. The van der Waals surface area contributed by atoms with Crippen LogP contribution >= 0.6 is 0 Å². The lowest BCUT2D eigenvalue weighted by Gasteiger charge is -2.32. The standard InChI is InChI=1S/C18H26N2O/c1-14-6-2-5-9-17(14)19-18(21)13-20-11-10-15-7-3-4-8-16(15)12-20/h3-4,7-8,14,17H,2,5-6,9-13H2,1H3,(H,19,21)/t14-,17+/m1/s1. The molecule has 0 radical (unpaired) electrons. The Kier molecular flexibility index (Phi) is 4.59. The molecule has 0 bridgehead atoms. The molecule has 1 aromatic rings. The Morgan fingerprint density at radius 1 is 1.24 bits per heavy atom. The molecule has 1 aromatic carbocycles. The van der Waals surface area contributed by atoms with E-state index in [2.05, 4.69) is 41.4 Å². The molecule has 1 amide bonds. The molecule has 3 rings (SSSR count). The van der Waals surface area contributed by atoms with Crippen molar-refractivity contribution in [3.63, 3.8) is 0 Å². The summed E-state index contributed by atoms with van der Waals surface area (Å²) in [5.74, 6) is 0.831. The molecule has 0 spiro atoms. The first-order chi connectivity index (χ1) is 10.2. The molecule has 114 valence electrons. The third kappa shape index (κ3) is 3.65. The molecule has 0 saturated heterocycles. The molecule has 2 aliphatic rings. The molecule has 1 aliphatic carbocycles. The van der Waals surface area contributed by atoms with E-state index in [1.807, 2.05) is 0 Å². The van der Waals surface area contributed by atoms with Crippen LogP contribution in [0.4, 0.5) is 0 Å². The summed E-state index contributed by atoms with van der Waals surface area (Å²) in [6, 6.07) is 8.97. The van der Waals surface area contributed by atoms with Gasteiger partial charge in [-0.25, -0.2) is 0 Å². The van der Waals surface area contributed by atoms with Gasteiger partial charge >= 0.3 is 0 Å². The average Bonchev–Trinajstić information content (AvgIpc) is 2.49. The number of carbonyl (C=O) groups is 1. The van der Waals surface area contributed by atoms with Crippen LogP contribution in [0.3, 0.4) is 0 Å². The third-order valence-electron chi connectivity index (χ3n) is 5.03. The van der Waals surface area contributed by atoms with Crippen molar-refractivity contribution in [3.05, 3.63) is 35.4 Å². The van der Waals surface area contributed by atoms with E-state index in [0.29, 0.717) is 18.5 Å². The van der Waals surface area contributed by atoms with Crippen LogP contribution in [-0.4, -0.2) is 29.9 Å². The zero-order valence-corrected chi connectivity index (χ0v) is 13.0. The molecule has 21 heavy (non-hydrogen) atoms. The van der Waals surface area contributed by atoms with Gasteiger partial charge in [0, 0.05) is 19.1 Å². The molecular formula is C18H26N2O. The van der Waals surface area contributed by atoms with Crippen LogP contribution in [0.15, 0.2) is 24.3 Å². The van der Waals surface area contributed by atoms with Crippen molar-refractivity contribution in [2.24, 2.45) is 5.92 Å². The van der Waals surface area contributed by atoms with Gasteiger partial charge in [-0.05, 0) is 36.3 Å². The number of carbonyl (C=O) groups excluding carboxylic acids is 1. The van der Waals surface area contributed by atoms with Gasteiger partial charge < -0.3 is 5.32 Å². The van der Waals surface area contributed by atoms with Crippen molar-refractivity contribution in [2.45, 2.75) is 51.6 Å². The van der Waals surface area contributed by atoms with Gasteiger partial charge in [-0.15, -0.1) is 0 Å². The molecule has 0 unspecified atom stereocenters. The molecule has 3 heteroatoms. The highest BCUT2D eigenvalue weighted by Crippen LogP contribution is 2.24. The maximum Gasteiger partial charge on any atom is 0.234 e. The first-order valence-corrected chi connectivity index (χ1v) is 8.31. The molecule has 1 aliphatic heterocycles. The number of rotatable bonds is 3. The molecule has 2 atom stereocenters. The van der Waals surface area contributed by atoms with E-state index < -0.39 is 0 Å². The predicted octanol–water partition coefficient (Wildman–Crippen LogP) is 2.74. The highest BCUT2D eigenvalue weighted by atomic mass is 16.2. The molecule has 3 nitrogen and oxygen atoms in total. The second kappa shape index (κ2) is 6.61. The molecule has 1 fully saturated rings. The molecule has 1 N–H and O–H groups in total. The minimum atomic E-state index is 0.202. The molecule has 1 heterocycles. The smallest absolute Gasteiger partial charge is 0.234 e. The largest absolute Gasteiger partial charge is 0.352 e. The average molecular weight is 286 g/mol. The Labute approximate surface area is 127 Å². The number of nitrogens with one attached hydrogen (secondary N) is 1. The van der Waals surface area contributed by atoms with Crippen molar-refractivity contribution in [3.8, 4) is 0 Å². The fraction of sp³-hybridized carbons (Fsp3) is 0.611. The summed E-state index contributed by atoms with van der Waals surface area (Å²) in [7, 11) is 0. The Bertz CT molecular complexity index is 500. The topological polar surface area (TPSA) is 32.3 Å². The Balaban J connectivity index is 1.52. The van der Waals surface area contributed by atoms with Gasteiger partial charge in [0.25, 0.3) is 0 Å². The van der Waals surface area contributed by atoms with Gasteiger partial charge in [-0.3, -0.25) is 9.69 Å². The number of hydrogen-bond acceptors (Lipinski definition) is 2. The van der Waals surface area contributed by atoms with Crippen LogP contribution in [-0.2, 0) is 17.8 Å². The summed E-state index contributed by atoms with van der Waals surface area (Å²) in [6.45, 7) is 4.70. The maximum absolute atomic E-state index is 12.3. The van der Waals surface area contributed by atoms with Crippen LogP contribution in [0.25, 0.3) is 0 Å². The number of nitrogens with zero attached hydrogens (tertiary/aromatic N) is 1. The van der Waals surface area contributed by atoms with Crippen LogP contribution in [0.2, 0.25) is 0 Å². The van der Waals surface area contributed by atoms with Gasteiger partial charge in [0.05, 0.1) is 6.54 Å². The van der Waals surface area contributed by atoms with Gasteiger partial charge in [-0.2, -0.15) is 0 Å². The number of amides is 1. The highest BCUT2D eigenvalue weighted by molar-refractivity contribution is 5.78. The second-order valence-corrected chi connectivity index (χ2v) is 6.67. The second-order valence-electron chi connectivity index (χ2n) is 6.67. The van der Waals surface area contributed by atoms with Gasteiger partial charge in [0.2, 0.25) is 5.91 Å². The van der Waals surface area contributed by atoms with E-state index in [-0.39, 0.29) is 5.91 Å². The van der Waals surface area contributed by atoms with E-state index in [4.69, 9.17) is 0 Å². The van der Waals surface area contributed by atoms with Gasteiger partial charge in [0.1, 0.15) is 0 Å². The van der Waals surface area contributed by atoms with E-state index in [9.17, 15) is 4.79 Å². The van der Waals surface area contributed by atoms with Crippen LogP contribution in [0.5, 0.6) is 0 Å². The van der Waals surface area contributed by atoms with Crippen molar-refractivity contribution in [1.82, 2.24) is 10.2 Å². The minimum absolute atomic E-state index is 0.202. The Hall–Kier alpha value is -1.35. The van der Waals surface area contributed by atoms with Crippen LogP contribution < -0.4 is 5.32 Å². The summed E-state index contributed by atoms with van der Waals surface area (Å²) >= 11 is 0. The van der Waals surface area contributed by atoms with Crippen molar-refractivity contribution < 1.29 is 4.79 Å². The number of benzene rings is 1. The number of hydrogen-bond donors (Lipinski definition) is 1. The Morgan fingerprint density at radius 3 is 2.81 bits per heavy atom. The summed E-state index contributed by atoms with van der Waals surface area (Å²) in [6.07, 6.45) is 6.03. The SMILES string of the molecule is C[C@@H]1CCCC[C@@H]1NC(=O)CN1CCc2ccccc2C1. The summed E-state index contributed by atoms with van der Waals surface area (Å²) in [5.41, 5.74) is 2.82. The predicted molar refractivity (Wildman–Crippen MR) is 85.0 cm³/mol. The maximum atomic E-state index is 12.3. The lowest BCUT2D eigenvalue weighted by molar-refractivity contribution is -0.123. The van der Waals surface area contributed by atoms with Crippen molar-refractivity contribution in [2.75, 3.05) is 13.1 Å². The summed E-state index contributed by atoms with van der Waals surface area (Å²) < 4.78 is 0. The first-order valence-electron chi connectivity index (χ1n) is 8.31. The monoisotopic (exact) mass is 286 g/mol. The van der Waals surface area contributed by atoms with Gasteiger partial charge in [0.15, 0.2) is 0 Å².